The number of nitrogens with zero attached hydrogens (tertiary/aromatic N) is 3. The van der Waals surface area contributed by atoms with Crippen LogP contribution in [0.25, 0.3) is 5.57 Å². The number of aryl methyl sites for hydroxylation is 1. The molecule has 3 heteroatoms. The normalized spacial score (nSPS) is 16.2. The summed E-state index contributed by atoms with van der Waals surface area (Å²) in [7, 11) is 1.93. The molecule has 0 N–H and O–H groups in total. The monoisotopic (exact) mass is 161 g/mol. The maximum atomic E-state index is 4.13. The largest absolute Gasteiger partial charge is 0.293 e. The lowest BCUT2D eigenvalue weighted by Crippen LogP contribution is -1.92. The third-order valence-corrected chi connectivity index (χ3v) is 1.96. The summed E-state index contributed by atoms with van der Waals surface area (Å²) >= 11 is 0. The third-order valence-electron chi connectivity index (χ3n) is 1.96. The summed E-state index contributed by atoms with van der Waals surface area (Å²) in [6.07, 6.45) is 8.97. The maximum absolute atomic E-state index is 4.13. The lowest BCUT2D eigenvalue weighted by atomic mass is 10.1. The van der Waals surface area contributed by atoms with E-state index < -0.39 is 0 Å². The fourth-order valence-electron chi connectivity index (χ4n) is 1.31. The Kier molecular flexibility index (Phi) is 1.78. The lowest BCUT2D eigenvalue weighted by Gasteiger charge is -2.03. The Morgan fingerprint density at radius 2 is 2.42 bits per heavy atom. The van der Waals surface area contributed by atoms with Crippen LogP contribution in [0.15, 0.2) is 23.5 Å². The number of dihydropyridines is 1. The van der Waals surface area contributed by atoms with Gasteiger partial charge in [0.15, 0.2) is 0 Å². The van der Waals surface area contributed by atoms with Crippen molar-refractivity contribution >= 4 is 11.8 Å². The zero-order chi connectivity index (χ0) is 8.39. The Balaban J connectivity index is 2.25. The van der Waals surface area contributed by atoms with Crippen molar-refractivity contribution in [2.45, 2.75) is 6.42 Å². The van der Waals surface area contributed by atoms with E-state index in [2.05, 4.69) is 16.2 Å². The van der Waals surface area contributed by atoms with Crippen molar-refractivity contribution < 1.29 is 0 Å². The molecule has 0 radical (unpaired) electrons. The van der Waals surface area contributed by atoms with Gasteiger partial charge in [-0.2, -0.15) is 5.10 Å². The molecule has 1 aliphatic rings. The van der Waals surface area contributed by atoms with E-state index in [9.17, 15) is 0 Å². The molecule has 0 fully saturated rings. The first-order chi connectivity index (χ1) is 5.86. The second-order valence-corrected chi connectivity index (χ2v) is 2.88. The van der Waals surface area contributed by atoms with Crippen molar-refractivity contribution in [3.05, 3.63) is 24.0 Å². The summed E-state index contributed by atoms with van der Waals surface area (Å²) in [5.74, 6) is 0. The number of aliphatic imine (C=N–C) groups is 1. The van der Waals surface area contributed by atoms with Crippen LogP contribution in [-0.4, -0.2) is 22.5 Å². The van der Waals surface area contributed by atoms with Crippen molar-refractivity contribution in [2.75, 3.05) is 6.54 Å². The van der Waals surface area contributed by atoms with Gasteiger partial charge in [0, 0.05) is 31.4 Å². The molecule has 0 aliphatic carbocycles. The van der Waals surface area contributed by atoms with E-state index in [4.69, 9.17) is 0 Å². The Morgan fingerprint density at radius 3 is 3.00 bits per heavy atom. The number of rotatable bonds is 1. The molecule has 0 unspecified atom stereocenters. The highest BCUT2D eigenvalue weighted by Crippen LogP contribution is 2.17. The molecular weight excluding hydrogens is 150 g/mol. The summed E-state index contributed by atoms with van der Waals surface area (Å²) in [4.78, 5) is 4.13. The molecule has 62 valence electrons. The molecule has 0 spiro atoms. The maximum Gasteiger partial charge on any atom is 0.0572 e. The molecule has 0 aromatic carbocycles. The van der Waals surface area contributed by atoms with Crippen LogP contribution in [0, 0.1) is 0 Å². The molecular formula is C9H11N3. The predicted octanol–water partition coefficient (Wildman–Crippen LogP) is 1.28. The van der Waals surface area contributed by atoms with Gasteiger partial charge < -0.3 is 0 Å². The quantitative estimate of drug-likeness (QED) is 0.610. The van der Waals surface area contributed by atoms with Crippen molar-refractivity contribution in [3.8, 4) is 0 Å². The summed E-state index contributed by atoms with van der Waals surface area (Å²) in [6, 6.07) is 0. The Morgan fingerprint density at radius 1 is 1.50 bits per heavy atom. The van der Waals surface area contributed by atoms with E-state index in [1.54, 1.807) is 0 Å². The van der Waals surface area contributed by atoms with Gasteiger partial charge >= 0.3 is 0 Å². The highest BCUT2D eigenvalue weighted by molar-refractivity contribution is 5.81. The van der Waals surface area contributed by atoms with Gasteiger partial charge in [0.25, 0.3) is 0 Å². The van der Waals surface area contributed by atoms with Crippen LogP contribution in [-0.2, 0) is 7.05 Å². The SMILES string of the molecule is Cn1cc(C2=CCN=CC2)cn1. The van der Waals surface area contributed by atoms with Crippen LogP contribution >= 0.6 is 0 Å². The van der Waals surface area contributed by atoms with E-state index in [0.29, 0.717) is 0 Å². The Labute approximate surface area is 71.4 Å². The Bertz CT molecular complexity index is 333. The van der Waals surface area contributed by atoms with Crippen molar-refractivity contribution in [3.63, 3.8) is 0 Å². The van der Waals surface area contributed by atoms with Gasteiger partial charge in [-0.15, -0.1) is 0 Å². The fourth-order valence-corrected chi connectivity index (χ4v) is 1.31. The summed E-state index contributed by atoms with van der Waals surface area (Å²) in [5.41, 5.74) is 2.54. The highest BCUT2D eigenvalue weighted by Gasteiger charge is 2.04. The summed E-state index contributed by atoms with van der Waals surface area (Å²) in [5, 5.41) is 4.12. The number of aromatic nitrogens is 2. The highest BCUT2D eigenvalue weighted by atomic mass is 15.2. The zero-order valence-corrected chi connectivity index (χ0v) is 7.07. The molecule has 1 aliphatic heterocycles. The minimum atomic E-state index is 0.810. The van der Waals surface area contributed by atoms with Gasteiger partial charge in [-0.05, 0) is 5.57 Å². The molecule has 2 rings (SSSR count). The molecule has 0 amide bonds. The Hall–Kier alpha value is -1.38. The van der Waals surface area contributed by atoms with Crippen molar-refractivity contribution in [1.29, 1.82) is 0 Å². The van der Waals surface area contributed by atoms with Crippen LogP contribution in [0.3, 0.4) is 0 Å². The fraction of sp³-hybridized carbons (Fsp3) is 0.333. The van der Waals surface area contributed by atoms with E-state index >= 15 is 0 Å². The topological polar surface area (TPSA) is 30.2 Å². The first-order valence-corrected chi connectivity index (χ1v) is 4.02. The van der Waals surface area contributed by atoms with Gasteiger partial charge in [0.2, 0.25) is 0 Å². The van der Waals surface area contributed by atoms with Gasteiger partial charge in [0.1, 0.15) is 0 Å². The molecule has 1 aromatic heterocycles. The second-order valence-electron chi connectivity index (χ2n) is 2.88. The van der Waals surface area contributed by atoms with Gasteiger partial charge in [-0.25, -0.2) is 0 Å². The third kappa shape index (κ3) is 1.30. The van der Waals surface area contributed by atoms with Gasteiger partial charge in [-0.1, -0.05) is 6.08 Å². The first-order valence-electron chi connectivity index (χ1n) is 4.02. The summed E-state index contributed by atoms with van der Waals surface area (Å²) in [6.45, 7) is 0.810. The molecule has 0 atom stereocenters. The average molecular weight is 161 g/mol. The van der Waals surface area contributed by atoms with Gasteiger partial charge in [0.05, 0.1) is 12.7 Å². The lowest BCUT2D eigenvalue weighted by molar-refractivity contribution is 0.767. The number of allylic oxidation sites excluding steroid dienone is 1. The number of hydrogen-bond donors (Lipinski definition) is 0. The standard InChI is InChI=1S/C9H11N3/c1-12-7-9(6-11-12)8-2-4-10-5-3-8/h2,5-7H,3-4H2,1H3. The van der Waals surface area contributed by atoms with E-state index in [0.717, 1.165) is 13.0 Å². The molecule has 0 bridgehead atoms. The van der Waals surface area contributed by atoms with Crippen LogP contribution in [0.4, 0.5) is 0 Å². The molecule has 2 heterocycles. The minimum absolute atomic E-state index is 0.810. The second kappa shape index (κ2) is 2.93. The van der Waals surface area contributed by atoms with Crippen LogP contribution in [0.5, 0.6) is 0 Å². The summed E-state index contributed by atoms with van der Waals surface area (Å²) < 4.78 is 1.82. The molecule has 0 saturated heterocycles. The van der Waals surface area contributed by atoms with Crippen molar-refractivity contribution in [2.24, 2.45) is 12.0 Å². The molecule has 3 nitrogen and oxygen atoms in total. The van der Waals surface area contributed by atoms with E-state index in [1.807, 2.05) is 30.3 Å². The molecule has 0 saturated carbocycles. The van der Waals surface area contributed by atoms with Crippen molar-refractivity contribution in [1.82, 2.24) is 9.78 Å². The van der Waals surface area contributed by atoms with E-state index in [1.165, 1.54) is 11.1 Å². The molecule has 12 heavy (non-hydrogen) atoms. The van der Waals surface area contributed by atoms with Gasteiger partial charge in [-0.3, -0.25) is 9.67 Å². The van der Waals surface area contributed by atoms with Crippen LogP contribution in [0.2, 0.25) is 0 Å². The smallest absolute Gasteiger partial charge is 0.0572 e. The predicted molar refractivity (Wildman–Crippen MR) is 49.2 cm³/mol. The first kappa shape index (κ1) is 7.28. The molecule has 1 aromatic rings. The minimum Gasteiger partial charge on any atom is -0.293 e. The zero-order valence-electron chi connectivity index (χ0n) is 7.07. The van der Waals surface area contributed by atoms with Crippen LogP contribution < -0.4 is 0 Å². The van der Waals surface area contributed by atoms with E-state index in [-0.39, 0.29) is 0 Å². The van der Waals surface area contributed by atoms with Crippen LogP contribution in [0.1, 0.15) is 12.0 Å². The number of hydrogen-bond acceptors (Lipinski definition) is 2. The average Bonchev–Trinajstić information content (AvgIpc) is 2.54.